The van der Waals surface area contributed by atoms with Crippen molar-refractivity contribution in [1.82, 2.24) is 9.97 Å². The van der Waals surface area contributed by atoms with Gasteiger partial charge >= 0.3 is 0 Å². The van der Waals surface area contributed by atoms with E-state index in [0.29, 0.717) is 11.4 Å². The van der Waals surface area contributed by atoms with Gasteiger partial charge in [0, 0.05) is 12.1 Å². The lowest BCUT2D eigenvalue weighted by Gasteiger charge is -2.26. The van der Waals surface area contributed by atoms with Crippen molar-refractivity contribution in [2.45, 2.75) is 5.92 Å². The largest absolute Gasteiger partial charge is 0.384 e. The van der Waals surface area contributed by atoms with Crippen molar-refractivity contribution in [3.63, 3.8) is 0 Å². The van der Waals surface area contributed by atoms with Crippen LogP contribution in [0.5, 0.6) is 0 Å². The van der Waals surface area contributed by atoms with E-state index < -0.39 is 16.4 Å². The molecule has 0 radical (unpaired) electrons. The lowest BCUT2D eigenvalue weighted by Crippen LogP contribution is -2.30. The molecule has 3 rings (SSSR count). The molecule has 1 aromatic heterocycles. The molecule has 1 aliphatic rings. The van der Waals surface area contributed by atoms with Gasteiger partial charge in [0.2, 0.25) is 0 Å². The topological polar surface area (TPSA) is 154 Å². The normalized spacial score (nSPS) is 16.0. The van der Waals surface area contributed by atoms with Crippen LogP contribution in [0.4, 0.5) is 11.5 Å². The Hall–Kier alpha value is -3.45. The molecular formula is C14H10N6O3S. The van der Waals surface area contributed by atoms with E-state index in [1.807, 2.05) is 6.07 Å². The number of non-ortho nitro benzene ring substituents is 1. The number of H-pyrrole nitrogens is 2. The Morgan fingerprint density at radius 2 is 1.96 bits per heavy atom. The number of fused-ring (bicyclic) bond motifs is 1. The number of aromatic amines is 2. The van der Waals surface area contributed by atoms with Crippen LogP contribution in [0, 0.1) is 26.2 Å². The molecule has 0 saturated heterocycles. The summed E-state index contributed by atoms with van der Waals surface area (Å²) >= 11 is 4.93. The molecule has 2 heterocycles. The molecule has 0 amide bonds. The van der Waals surface area contributed by atoms with Gasteiger partial charge in [-0.15, -0.1) is 0 Å². The number of nitriles is 1. The number of nitrogens with two attached hydrogens (primary N) is 1. The lowest BCUT2D eigenvalue weighted by molar-refractivity contribution is -0.384. The van der Waals surface area contributed by atoms with E-state index in [9.17, 15) is 20.2 Å². The minimum Gasteiger partial charge on any atom is -0.384 e. The van der Waals surface area contributed by atoms with Crippen molar-refractivity contribution >= 4 is 23.7 Å². The van der Waals surface area contributed by atoms with Crippen molar-refractivity contribution in [2.24, 2.45) is 5.73 Å². The first-order chi connectivity index (χ1) is 11.4. The van der Waals surface area contributed by atoms with Crippen LogP contribution in [0.15, 0.2) is 40.5 Å². The Bertz CT molecular complexity index is 1030. The minimum absolute atomic E-state index is 0.0876. The van der Waals surface area contributed by atoms with Crippen LogP contribution >= 0.6 is 12.2 Å². The monoisotopic (exact) mass is 342 g/mol. The molecular weight excluding hydrogens is 332 g/mol. The van der Waals surface area contributed by atoms with Crippen LogP contribution in [0.25, 0.3) is 0 Å². The zero-order chi connectivity index (χ0) is 17.4. The number of nitrogens with zero attached hydrogens (tertiary/aromatic N) is 2. The highest BCUT2D eigenvalue weighted by atomic mass is 32.1. The van der Waals surface area contributed by atoms with Gasteiger partial charge in [0.05, 0.1) is 28.0 Å². The summed E-state index contributed by atoms with van der Waals surface area (Å²) in [5.74, 6) is -0.379. The Morgan fingerprint density at radius 3 is 2.54 bits per heavy atom. The molecule has 9 nitrogen and oxygen atoms in total. The molecule has 1 aromatic carbocycles. The van der Waals surface area contributed by atoms with E-state index in [1.54, 1.807) is 0 Å². The smallest absolute Gasteiger partial charge is 0.269 e. The highest BCUT2D eigenvalue weighted by Gasteiger charge is 2.32. The van der Waals surface area contributed by atoms with Crippen molar-refractivity contribution in [2.75, 3.05) is 5.32 Å². The molecule has 1 unspecified atom stereocenters. The maximum absolute atomic E-state index is 12.3. The fourth-order valence-electron chi connectivity index (χ4n) is 2.62. The Morgan fingerprint density at radius 1 is 1.29 bits per heavy atom. The van der Waals surface area contributed by atoms with Crippen LogP contribution in [0.1, 0.15) is 17.0 Å². The van der Waals surface area contributed by atoms with Crippen LogP contribution in [0.3, 0.4) is 0 Å². The average molecular weight is 342 g/mol. The number of aromatic nitrogens is 2. The van der Waals surface area contributed by atoms with E-state index in [4.69, 9.17) is 18.0 Å². The molecule has 5 N–H and O–H groups in total. The van der Waals surface area contributed by atoms with Crippen molar-refractivity contribution in [1.29, 1.82) is 5.26 Å². The number of benzene rings is 1. The van der Waals surface area contributed by atoms with Gasteiger partial charge in [0.1, 0.15) is 11.6 Å². The van der Waals surface area contributed by atoms with Gasteiger partial charge in [-0.1, -0.05) is 12.1 Å². The third-order valence-electron chi connectivity index (χ3n) is 3.66. The maximum atomic E-state index is 12.3. The van der Waals surface area contributed by atoms with Gasteiger partial charge in [-0.2, -0.15) is 5.26 Å². The van der Waals surface area contributed by atoms with E-state index in [0.717, 1.165) is 0 Å². The molecule has 1 aliphatic heterocycles. The van der Waals surface area contributed by atoms with Crippen molar-refractivity contribution in [3.8, 4) is 6.07 Å². The molecule has 120 valence electrons. The number of rotatable bonds is 2. The molecule has 2 aromatic rings. The van der Waals surface area contributed by atoms with Gasteiger partial charge in [-0.05, 0) is 17.8 Å². The van der Waals surface area contributed by atoms with Crippen LogP contribution < -0.4 is 16.6 Å². The summed E-state index contributed by atoms with van der Waals surface area (Å²) in [6, 6.07) is 7.58. The number of allylic oxidation sites excluding steroid dienone is 1. The first kappa shape index (κ1) is 15.4. The zero-order valence-electron chi connectivity index (χ0n) is 12.0. The summed E-state index contributed by atoms with van der Waals surface area (Å²) in [7, 11) is 0. The number of nitrogens with one attached hydrogen (secondary N) is 3. The number of hydrogen-bond donors (Lipinski definition) is 4. The van der Waals surface area contributed by atoms with Gasteiger partial charge in [0.15, 0.2) is 4.77 Å². The number of nitro groups is 1. The molecule has 24 heavy (non-hydrogen) atoms. The molecule has 0 fully saturated rings. The highest BCUT2D eigenvalue weighted by Crippen LogP contribution is 2.37. The molecule has 0 spiro atoms. The Labute approximate surface area is 139 Å². The van der Waals surface area contributed by atoms with Crippen LogP contribution in [-0.2, 0) is 0 Å². The summed E-state index contributed by atoms with van der Waals surface area (Å²) in [6.07, 6.45) is 0. The first-order valence-electron chi connectivity index (χ1n) is 6.70. The number of nitro benzene ring substituents is 1. The maximum Gasteiger partial charge on any atom is 0.269 e. The van der Waals surface area contributed by atoms with E-state index in [2.05, 4.69) is 15.3 Å². The summed E-state index contributed by atoms with van der Waals surface area (Å²) in [4.78, 5) is 27.9. The standard InChI is InChI=1S/C14H10N6O3S/c15-5-8-9(6-1-3-7(4-2-6)20(22)23)10-12(17-11(8)16)18-14(24)19-13(10)21/h1-4,9H,16H2,(H3,17,18,19,21,24). The zero-order valence-corrected chi connectivity index (χ0v) is 12.8. The quantitative estimate of drug-likeness (QED) is 0.367. The predicted octanol–water partition coefficient (Wildman–Crippen LogP) is 1.59. The highest BCUT2D eigenvalue weighted by molar-refractivity contribution is 7.71. The second-order valence-electron chi connectivity index (χ2n) is 5.04. The summed E-state index contributed by atoms with van der Waals surface area (Å²) < 4.78 is 0.113. The predicted molar refractivity (Wildman–Crippen MR) is 87.6 cm³/mol. The van der Waals surface area contributed by atoms with Crippen molar-refractivity contribution in [3.05, 3.63) is 72.0 Å². The second-order valence-corrected chi connectivity index (χ2v) is 5.45. The summed E-state index contributed by atoms with van der Waals surface area (Å²) in [6.45, 7) is 0. The van der Waals surface area contributed by atoms with Crippen LogP contribution in [-0.4, -0.2) is 14.9 Å². The third-order valence-corrected chi connectivity index (χ3v) is 3.87. The molecule has 0 bridgehead atoms. The fourth-order valence-corrected chi connectivity index (χ4v) is 2.81. The van der Waals surface area contributed by atoms with Gasteiger partial charge in [0.25, 0.3) is 11.2 Å². The lowest BCUT2D eigenvalue weighted by atomic mass is 9.84. The molecule has 0 aliphatic carbocycles. The average Bonchev–Trinajstić information content (AvgIpc) is 2.53. The number of anilines is 1. The second kappa shape index (κ2) is 5.64. The van der Waals surface area contributed by atoms with E-state index in [1.165, 1.54) is 24.3 Å². The Balaban J connectivity index is 2.25. The van der Waals surface area contributed by atoms with Gasteiger partial charge < -0.3 is 16.0 Å². The van der Waals surface area contributed by atoms with E-state index >= 15 is 0 Å². The molecule has 10 heteroatoms. The first-order valence-corrected chi connectivity index (χ1v) is 7.10. The van der Waals surface area contributed by atoms with E-state index in [-0.39, 0.29) is 27.4 Å². The van der Waals surface area contributed by atoms with Crippen LogP contribution in [0.2, 0.25) is 0 Å². The van der Waals surface area contributed by atoms with Gasteiger partial charge in [-0.25, -0.2) is 0 Å². The Kier molecular flexibility index (Phi) is 3.63. The summed E-state index contributed by atoms with van der Waals surface area (Å²) in [5, 5.41) is 23.0. The molecule has 1 atom stereocenters. The van der Waals surface area contributed by atoms with Gasteiger partial charge in [-0.3, -0.25) is 19.9 Å². The SMILES string of the molecule is N#CC1=C(N)Nc2[nH]c(=S)[nH]c(=O)c2C1c1ccc([N+](=O)[O-])cc1. The molecule has 0 saturated carbocycles. The van der Waals surface area contributed by atoms with Crippen molar-refractivity contribution < 1.29 is 4.92 Å². The minimum atomic E-state index is -0.761. The summed E-state index contributed by atoms with van der Waals surface area (Å²) in [5.41, 5.74) is 6.23. The fraction of sp³-hybridized carbons (Fsp3) is 0.0714. The number of hydrogen-bond acceptors (Lipinski definition) is 7. The third kappa shape index (κ3) is 2.42.